The van der Waals surface area contributed by atoms with E-state index in [2.05, 4.69) is 28.1 Å². The predicted molar refractivity (Wildman–Crippen MR) is 136 cm³/mol. The largest absolute Gasteiger partial charge is 0.465 e. The van der Waals surface area contributed by atoms with E-state index in [0.29, 0.717) is 11.3 Å². The number of nitrogens with one attached hydrogen (secondary N) is 4. The second-order valence-electron chi connectivity index (χ2n) is 8.32. The van der Waals surface area contributed by atoms with Crippen molar-refractivity contribution in [2.24, 2.45) is 0 Å². The highest BCUT2D eigenvalue weighted by atomic mass is 16.5. The summed E-state index contributed by atoms with van der Waals surface area (Å²) < 4.78 is 5.44. The van der Waals surface area contributed by atoms with Gasteiger partial charge < -0.3 is 31.1 Å². The average Bonchev–Trinajstić information content (AvgIpc) is 3.22. The maximum Gasteiger partial charge on any atom is 0.407 e. The minimum atomic E-state index is -1.30. The maximum atomic E-state index is 12.4. The van der Waals surface area contributed by atoms with Gasteiger partial charge in [0.25, 0.3) is 0 Å². The smallest absolute Gasteiger partial charge is 0.407 e. The van der Waals surface area contributed by atoms with Gasteiger partial charge in [0, 0.05) is 18.2 Å². The van der Waals surface area contributed by atoms with Crippen molar-refractivity contribution in [2.75, 3.05) is 25.0 Å². The third-order valence-electron chi connectivity index (χ3n) is 5.90. The van der Waals surface area contributed by atoms with E-state index in [1.165, 1.54) is 0 Å². The normalized spacial score (nSPS) is 11.6. The fourth-order valence-electron chi connectivity index (χ4n) is 4.20. The van der Waals surface area contributed by atoms with Gasteiger partial charge in [-0.25, -0.2) is 9.59 Å². The highest BCUT2D eigenvalue weighted by Crippen LogP contribution is 2.44. The Morgan fingerprint density at radius 2 is 1.32 bits per heavy atom. The molecule has 0 radical (unpaired) electrons. The lowest BCUT2D eigenvalue weighted by atomic mass is 9.98. The number of rotatable bonds is 9. The zero-order valence-corrected chi connectivity index (χ0v) is 19.8. The van der Waals surface area contributed by atoms with E-state index in [-0.39, 0.29) is 32.2 Å². The van der Waals surface area contributed by atoms with Crippen LogP contribution in [0.2, 0.25) is 0 Å². The molecule has 0 spiro atoms. The van der Waals surface area contributed by atoms with Crippen molar-refractivity contribution in [3.05, 3.63) is 89.5 Å². The molecule has 0 aromatic heterocycles. The van der Waals surface area contributed by atoms with Gasteiger partial charge in [-0.3, -0.25) is 9.59 Å². The van der Waals surface area contributed by atoms with Gasteiger partial charge in [-0.15, -0.1) is 0 Å². The van der Waals surface area contributed by atoms with Gasteiger partial charge in [-0.2, -0.15) is 0 Å². The van der Waals surface area contributed by atoms with E-state index in [1.807, 2.05) is 41.7 Å². The third kappa shape index (κ3) is 6.43. The van der Waals surface area contributed by atoms with Crippen LogP contribution < -0.4 is 21.3 Å². The molecule has 0 unspecified atom stereocenters. The fraction of sp³-hybridized carbons (Fsp3) is 0.185. The monoisotopic (exact) mass is 502 g/mol. The van der Waals surface area contributed by atoms with Crippen LogP contribution in [0.25, 0.3) is 11.1 Å². The van der Waals surface area contributed by atoms with E-state index in [4.69, 9.17) is 9.84 Å². The van der Waals surface area contributed by atoms with Crippen LogP contribution in [0.4, 0.5) is 15.3 Å². The highest BCUT2D eigenvalue weighted by Gasteiger charge is 2.29. The summed E-state index contributed by atoms with van der Waals surface area (Å²) in [5, 5.41) is 18.3. The number of anilines is 1. The number of alkyl carbamates (subject to hydrolysis) is 1. The second kappa shape index (κ2) is 11.7. The minimum absolute atomic E-state index is 0.0798. The van der Waals surface area contributed by atoms with Crippen LogP contribution in [0.5, 0.6) is 0 Å². The van der Waals surface area contributed by atoms with Gasteiger partial charge >= 0.3 is 12.2 Å². The molecule has 0 bridgehead atoms. The number of ether oxygens (including phenoxy) is 1. The molecule has 4 rings (SSSR count). The van der Waals surface area contributed by atoms with E-state index < -0.39 is 24.0 Å². The van der Waals surface area contributed by atoms with E-state index in [1.54, 1.807) is 24.3 Å². The zero-order chi connectivity index (χ0) is 26.2. The number of hydrogen-bond donors (Lipinski definition) is 5. The van der Waals surface area contributed by atoms with Crippen LogP contribution in [-0.2, 0) is 20.9 Å². The van der Waals surface area contributed by atoms with Crippen LogP contribution in [0.15, 0.2) is 72.8 Å². The number of carboxylic acid groups (broad SMARTS) is 1. The molecular weight excluding hydrogens is 476 g/mol. The molecule has 0 heterocycles. The maximum absolute atomic E-state index is 12.4. The summed E-state index contributed by atoms with van der Waals surface area (Å²) in [6.07, 6.45) is -2.00. The number of amides is 4. The van der Waals surface area contributed by atoms with Gasteiger partial charge in [0.15, 0.2) is 0 Å². The summed E-state index contributed by atoms with van der Waals surface area (Å²) in [4.78, 5) is 47.0. The highest BCUT2D eigenvalue weighted by molar-refractivity contribution is 5.94. The molecular formula is C27H26N4O6. The molecule has 10 heteroatoms. The molecule has 3 aromatic rings. The van der Waals surface area contributed by atoms with Crippen molar-refractivity contribution in [2.45, 2.75) is 12.5 Å². The molecule has 10 nitrogen and oxygen atoms in total. The molecule has 4 amide bonds. The first kappa shape index (κ1) is 25.2. The van der Waals surface area contributed by atoms with Crippen LogP contribution in [-0.4, -0.2) is 48.8 Å². The lowest BCUT2D eigenvalue weighted by Crippen LogP contribution is -2.36. The molecule has 0 atom stereocenters. The van der Waals surface area contributed by atoms with Crippen LogP contribution in [0.1, 0.15) is 22.6 Å². The number of benzene rings is 3. The molecule has 5 N–H and O–H groups in total. The van der Waals surface area contributed by atoms with Crippen molar-refractivity contribution in [1.82, 2.24) is 16.0 Å². The summed E-state index contributed by atoms with van der Waals surface area (Å²) in [5.41, 5.74) is 5.50. The summed E-state index contributed by atoms with van der Waals surface area (Å²) >= 11 is 0. The predicted octanol–water partition coefficient (Wildman–Crippen LogP) is 3.05. The average molecular weight is 503 g/mol. The Bertz CT molecular complexity index is 1280. The van der Waals surface area contributed by atoms with E-state index in [9.17, 15) is 19.2 Å². The van der Waals surface area contributed by atoms with Crippen molar-refractivity contribution in [3.8, 4) is 11.1 Å². The zero-order valence-electron chi connectivity index (χ0n) is 19.8. The van der Waals surface area contributed by atoms with E-state index in [0.717, 1.165) is 22.3 Å². The molecule has 1 aliphatic carbocycles. The Morgan fingerprint density at radius 3 is 2.00 bits per heavy atom. The number of fused-ring (bicyclic) bond motifs is 3. The molecule has 3 aromatic carbocycles. The van der Waals surface area contributed by atoms with Gasteiger partial charge in [0.1, 0.15) is 13.2 Å². The van der Waals surface area contributed by atoms with Gasteiger partial charge in [0.2, 0.25) is 11.8 Å². The molecule has 0 fully saturated rings. The standard InChI is InChI=1S/C27H26N4O6/c32-24(14-29-26(34)35)28-13-17-7-1-6-12-23(17)31-25(33)15-30-27(36)37-16-22-20-10-4-2-8-18(20)19-9-3-5-11-21(19)22/h1-12,22,29H,13-16H2,(H,28,32)(H,30,36)(H,31,33)(H,34,35). The summed E-state index contributed by atoms with van der Waals surface area (Å²) in [6, 6.07) is 22.8. The Kier molecular flexibility index (Phi) is 7.99. The first-order chi connectivity index (χ1) is 17.9. The first-order valence-corrected chi connectivity index (χ1v) is 11.6. The van der Waals surface area contributed by atoms with Gasteiger partial charge in [-0.1, -0.05) is 66.7 Å². The van der Waals surface area contributed by atoms with Crippen molar-refractivity contribution < 1.29 is 29.0 Å². The number of carbonyl (C=O) groups excluding carboxylic acids is 3. The van der Waals surface area contributed by atoms with Crippen molar-refractivity contribution in [1.29, 1.82) is 0 Å². The summed E-state index contributed by atoms with van der Waals surface area (Å²) in [5.74, 6) is -1.07. The number of carbonyl (C=O) groups is 4. The SMILES string of the molecule is O=C(O)NCC(=O)NCc1ccccc1NC(=O)CNC(=O)OCC1c2ccccc2-c2ccccc21. The van der Waals surface area contributed by atoms with E-state index >= 15 is 0 Å². The van der Waals surface area contributed by atoms with Crippen LogP contribution >= 0.6 is 0 Å². The molecule has 0 saturated carbocycles. The number of para-hydroxylation sites is 1. The Labute approximate surface area is 213 Å². The molecule has 0 aliphatic heterocycles. The molecule has 37 heavy (non-hydrogen) atoms. The Morgan fingerprint density at radius 1 is 0.730 bits per heavy atom. The third-order valence-corrected chi connectivity index (χ3v) is 5.90. The molecule has 1 aliphatic rings. The summed E-state index contributed by atoms with van der Waals surface area (Å²) in [6.45, 7) is -0.467. The minimum Gasteiger partial charge on any atom is -0.465 e. The summed E-state index contributed by atoms with van der Waals surface area (Å²) in [7, 11) is 0. The Hall–Kier alpha value is -4.86. The van der Waals surface area contributed by atoms with Crippen molar-refractivity contribution >= 4 is 29.7 Å². The quantitative estimate of drug-likeness (QED) is 0.304. The molecule has 0 saturated heterocycles. The van der Waals surface area contributed by atoms with Gasteiger partial charge in [-0.05, 0) is 33.9 Å². The first-order valence-electron chi connectivity index (χ1n) is 11.6. The lowest BCUT2D eigenvalue weighted by molar-refractivity contribution is -0.120. The van der Waals surface area contributed by atoms with Gasteiger partial charge in [0.05, 0.1) is 6.54 Å². The lowest BCUT2D eigenvalue weighted by Gasteiger charge is -2.15. The second-order valence-corrected chi connectivity index (χ2v) is 8.32. The topological polar surface area (TPSA) is 146 Å². The molecule has 190 valence electrons. The fourth-order valence-corrected chi connectivity index (χ4v) is 4.20. The Balaban J connectivity index is 1.26. The van der Waals surface area contributed by atoms with Crippen molar-refractivity contribution in [3.63, 3.8) is 0 Å². The van der Waals surface area contributed by atoms with Crippen LogP contribution in [0.3, 0.4) is 0 Å². The van der Waals surface area contributed by atoms with Crippen LogP contribution in [0, 0.1) is 0 Å². The number of hydrogen-bond acceptors (Lipinski definition) is 5.